The lowest BCUT2D eigenvalue weighted by Crippen LogP contribution is -2.41. The van der Waals surface area contributed by atoms with Gasteiger partial charge in [-0.1, -0.05) is 17.3 Å². The number of likely N-dealkylation sites (tertiary alicyclic amines) is 1. The third-order valence-electron chi connectivity index (χ3n) is 4.14. The molecule has 0 spiro atoms. The van der Waals surface area contributed by atoms with Gasteiger partial charge in [-0.25, -0.2) is 0 Å². The summed E-state index contributed by atoms with van der Waals surface area (Å²) in [5.41, 5.74) is 0.721. The molecule has 1 aromatic heterocycles. The summed E-state index contributed by atoms with van der Waals surface area (Å²) >= 11 is 2.17. The molecule has 2 amide bonds. The average molecular weight is 439 g/mol. The molecule has 1 fully saturated rings. The van der Waals surface area contributed by atoms with E-state index in [4.69, 9.17) is 4.52 Å². The number of piperidine rings is 1. The largest absolute Gasteiger partial charge is 0.360 e. The van der Waals surface area contributed by atoms with Crippen molar-refractivity contribution >= 4 is 40.2 Å². The summed E-state index contributed by atoms with van der Waals surface area (Å²) in [5.74, 6) is 0.953. The highest BCUT2D eigenvalue weighted by Crippen LogP contribution is 2.22. The maximum Gasteiger partial charge on any atom is 0.254 e. The molecule has 126 valence electrons. The number of aromatic nitrogens is 1. The zero-order valence-electron chi connectivity index (χ0n) is 13.3. The third-order valence-corrected chi connectivity index (χ3v) is 5.08. The second-order valence-corrected chi connectivity index (χ2v) is 7.02. The fraction of sp³-hybridized carbons (Fsp3) is 0.353. The Hall–Kier alpha value is -1.90. The van der Waals surface area contributed by atoms with Gasteiger partial charge in [0, 0.05) is 28.6 Å². The zero-order chi connectivity index (χ0) is 17.1. The van der Waals surface area contributed by atoms with Crippen molar-refractivity contribution in [1.82, 2.24) is 10.1 Å². The van der Waals surface area contributed by atoms with Crippen LogP contribution in [0.1, 0.15) is 29.0 Å². The van der Waals surface area contributed by atoms with Crippen LogP contribution in [-0.2, 0) is 4.79 Å². The standard InChI is InChI=1S/C17H18IN3O3/c1-11-10-15(20-24-11)19-16(22)12-6-8-21(9-7-12)17(23)13-4-2-3-5-14(13)18/h2-5,10,12H,6-9H2,1H3,(H,19,20,22). The van der Waals surface area contributed by atoms with E-state index in [0.29, 0.717) is 37.5 Å². The quantitative estimate of drug-likeness (QED) is 0.747. The summed E-state index contributed by atoms with van der Waals surface area (Å²) in [6.07, 6.45) is 1.30. The van der Waals surface area contributed by atoms with E-state index in [1.54, 1.807) is 13.0 Å². The van der Waals surface area contributed by atoms with E-state index in [1.165, 1.54) is 0 Å². The van der Waals surface area contributed by atoms with Crippen LogP contribution in [0.4, 0.5) is 5.82 Å². The molecule has 3 rings (SSSR count). The number of nitrogens with one attached hydrogen (secondary N) is 1. The first-order valence-corrected chi connectivity index (χ1v) is 8.90. The highest BCUT2D eigenvalue weighted by atomic mass is 127. The molecule has 1 saturated heterocycles. The Balaban J connectivity index is 1.56. The number of anilines is 1. The number of halogens is 1. The van der Waals surface area contributed by atoms with Crippen molar-refractivity contribution in [2.45, 2.75) is 19.8 Å². The maximum absolute atomic E-state index is 12.6. The summed E-state index contributed by atoms with van der Waals surface area (Å²) in [5, 5.41) is 6.54. The Morgan fingerprint density at radius 1 is 1.29 bits per heavy atom. The molecule has 0 saturated carbocycles. The predicted octanol–water partition coefficient (Wildman–Crippen LogP) is 3.08. The topological polar surface area (TPSA) is 75.4 Å². The highest BCUT2D eigenvalue weighted by Gasteiger charge is 2.28. The van der Waals surface area contributed by atoms with Gasteiger partial charge >= 0.3 is 0 Å². The molecule has 0 aliphatic carbocycles. The molecule has 0 radical (unpaired) electrons. The van der Waals surface area contributed by atoms with E-state index < -0.39 is 0 Å². The lowest BCUT2D eigenvalue weighted by molar-refractivity contribution is -0.121. The van der Waals surface area contributed by atoms with Crippen LogP contribution in [0.15, 0.2) is 34.9 Å². The van der Waals surface area contributed by atoms with Crippen molar-refractivity contribution in [3.63, 3.8) is 0 Å². The molecule has 1 aliphatic heterocycles. The molecule has 2 heterocycles. The SMILES string of the molecule is Cc1cc(NC(=O)C2CCN(C(=O)c3ccccc3I)CC2)no1. The number of hydrogen-bond acceptors (Lipinski definition) is 4. The summed E-state index contributed by atoms with van der Waals surface area (Å²) in [6.45, 7) is 2.94. The molecule has 0 unspecified atom stereocenters. The molecule has 24 heavy (non-hydrogen) atoms. The van der Waals surface area contributed by atoms with Gasteiger partial charge in [0.05, 0.1) is 5.56 Å². The normalized spacial score (nSPS) is 15.3. The van der Waals surface area contributed by atoms with Crippen LogP contribution in [0.5, 0.6) is 0 Å². The Morgan fingerprint density at radius 3 is 2.62 bits per heavy atom. The minimum absolute atomic E-state index is 0.0333. The first kappa shape index (κ1) is 16.9. The van der Waals surface area contributed by atoms with Crippen molar-refractivity contribution in [2.24, 2.45) is 5.92 Å². The number of carbonyl (C=O) groups excluding carboxylic acids is 2. The van der Waals surface area contributed by atoms with Crippen LogP contribution in [0, 0.1) is 16.4 Å². The first-order valence-electron chi connectivity index (χ1n) is 7.82. The van der Waals surface area contributed by atoms with Crippen molar-refractivity contribution in [1.29, 1.82) is 0 Å². The van der Waals surface area contributed by atoms with Gasteiger partial charge in [0.25, 0.3) is 5.91 Å². The fourth-order valence-corrected chi connectivity index (χ4v) is 3.42. The number of benzene rings is 1. The monoisotopic (exact) mass is 439 g/mol. The van der Waals surface area contributed by atoms with Crippen LogP contribution >= 0.6 is 22.6 Å². The molecular formula is C17H18IN3O3. The second kappa shape index (κ2) is 7.33. The van der Waals surface area contributed by atoms with Gasteiger partial charge in [-0.05, 0) is 54.5 Å². The fourth-order valence-electron chi connectivity index (χ4n) is 2.80. The van der Waals surface area contributed by atoms with E-state index in [9.17, 15) is 9.59 Å². The number of carbonyl (C=O) groups is 2. The Bertz CT molecular complexity index is 751. The van der Waals surface area contributed by atoms with Gasteiger partial charge < -0.3 is 14.7 Å². The van der Waals surface area contributed by atoms with Gasteiger partial charge in [0.2, 0.25) is 5.91 Å². The van der Waals surface area contributed by atoms with Gasteiger partial charge in [-0.3, -0.25) is 9.59 Å². The van der Waals surface area contributed by atoms with Crippen LogP contribution in [0.3, 0.4) is 0 Å². The molecule has 0 atom stereocenters. The summed E-state index contributed by atoms with van der Waals surface area (Å²) in [7, 11) is 0. The predicted molar refractivity (Wildman–Crippen MR) is 97.7 cm³/mol. The summed E-state index contributed by atoms with van der Waals surface area (Å²) in [4.78, 5) is 26.7. The van der Waals surface area contributed by atoms with Crippen LogP contribution < -0.4 is 5.32 Å². The summed E-state index contributed by atoms with van der Waals surface area (Å²) < 4.78 is 5.89. The van der Waals surface area contributed by atoms with Crippen molar-refractivity contribution < 1.29 is 14.1 Å². The first-order chi connectivity index (χ1) is 11.5. The second-order valence-electron chi connectivity index (χ2n) is 5.86. The van der Waals surface area contributed by atoms with Crippen molar-refractivity contribution in [2.75, 3.05) is 18.4 Å². The van der Waals surface area contributed by atoms with Crippen molar-refractivity contribution in [3.05, 3.63) is 45.2 Å². The Labute approximate surface area is 153 Å². The number of aryl methyl sites for hydroxylation is 1. The molecule has 7 heteroatoms. The number of amides is 2. The van der Waals surface area contributed by atoms with Gasteiger partial charge in [-0.2, -0.15) is 0 Å². The Morgan fingerprint density at radius 2 is 2.00 bits per heavy atom. The minimum atomic E-state index is -0.110. The molecule has 6 nitrogen and oxygen atoms in total. The van der Waals surface area contributed by atoms with Crippen LogP contribution in [0.25, 0.3) is 0 Å². The average Bonchev–Trinajstić information content (AvgIpc) is 2.99. The van der Waals surface area contributed by atoms with Gasteiger partial charge in [0.15, 0.2) is 5.82 Å². The van der Waals surface area contributed by atoms with Gasteiger partial charge in [-0.15, -0.1) is 0 Å². The van der Waals surface area contributed by atoms with E-state index in [1.807, 2.05) is 29.2 Å². The van der Waals surface area contributed by atoms with E-state index >= 15 is 0 Å². The Kier molecular flexibility index (Phi) is 5.17. The summed E-state index contributed by atoms with van der Waals surface area (Å²) in [6, 6.07) is 9.24. The molecular weight excluding hydrogens is 421 g/mol. The lowest BCUT2D eigenvalue weighted by Gasteiger charge is -2.31. The number of hydrogen-bond donors (Lipinski definition) is 1. The van der Waals surface area contributed by atoms with Crippen molar-refractivity contribution in [3.8, 4) is 0 Å². The van der Waals surface area contributed by atoms with E-state index in [2.05, 4.69) is 33.1 Å². The number of rotatable bonds is 3. The smallest absolute Gasteiger partial charge is 0.254 e. The molecule has 0 bridgehead atoms. The number of nitrogens with zero attached hydrogens (tertiary/aromatic N) is 2. The lowest BCUT2D eigenvalue weighted by atomic mass is 9.95. The van der Waals surface area contributed by atoms with Crippen LogP contribution in [-0.4, -0.2) is 35.0 Å². The van der Waals surface area contributed by atoms with E-state index in [-0.39, 0.29) is 17.7 Å². The van der Waals surface area contributed by atoms with Crippen LogP contribution in [0.2, 0.25) is 0 Å². The molecule has 2 aromatic rings. The minimum Gasteiger partial charge on any atom is -0.360 e. The molecule has 1 N–H and O–H groups in total. The molecule has 1 aromatic carbocycles. The van der Waals surface area contributed by atoms with E-state index in [0.717, 1.165) is 9.13 Å². The third kappa shape index (κ3) is 3.77. The highest BCUT2D eigenvalue weighted by molar-refractivity contribution is 14.1. The maximum atomic E-state index is 12.6. The van der Waals surface area contributed by atoms with Gasteiger partial charge in [0.1, 0.15) is 5.76 Å². The zero-order valence-corrected chi connectivity index (χ0v) is 15.4. The molecule has 1 aliphatic rings.